The standard InChI is InChI=1S/C14H12ClNO2/c1-16(10-5-3-2-4-6-10)14(18)12-9-11(17)7-8-13(12)15/h2-9,17H,1H3. The maximum absolute atomic E-state index is 12.2. The van der Waals surface area contributed by atoms with Gasteiger partial charge in [0.2, 0.25) is 0 Å². The highest BCUT2D eigenvalue weighted by molar-refractivity contribution is 6.34. The van der Waals surface area contributed by atoms with Gasteiger partial charge in [0.05, 0.1) is 10.6 Å². The van der Waals surface area contributed by atoms with Crippen molar-refractivity contribution in [3.63, 3.8) is 0 Å². The van der Waals surface area contributed by atoms with Gasteiger partial charge in [-0.25, -0.2) is 0 Å². The number of carbonyl (C=O) groups is 1. The van der Waals surface area contributed by atoms with E-state index in [0.29, 0.717) is 5.02 Å². The zero-order chi connectivity index (χ0) is 13.1. The minimum atomic E-state index is -0.262. The molecule has 0 heterocycles. The summed E-state index contributed by atoms with van der Waals surface area (Å²) in [7, 11) is 1.66. The fourth-order valence-corrected chi connectivity index (χ4v) is 1.83. The summed E-state index contributed by atoms with van der Waals surface area (Å²) in [6.07, 6.45) is 0. The summed E-state index contributed by atoms with van der Waals surface area (Å²) in [5.41, 5.74) is 1.05. The Labute approximate surface area is 110 Å². The molecule has 0 aromatic heterocycles. The number of aromatic hydroxyl groups is 1. The fourth-order valence-electron chi connectivity index (χ4n) is 1.63. The van der Waals surface area contributed by atoms with Crippen molar-refractivity contribution < 1.29 is 9.90 Å². The van der Waals surface area contributed by atoms with Crippen LogP contribution < -0.4 is 4.90 Å². The van der Waals surface area contributed by atoms with Crippen molar-refractivity contribution in [2.24, 2.45) is 0 Å². The predicted molar refractivity (Wildman–Crippen MR) is 72.3 cm³/mol. The molecule has 0 atom stereocenters. The van der Waals surface area contributed by atoms with Crippen molar-refractivity contribution >= 4 is 23.2 Å². The molecule has 1 amide bonds. The lowest BCUT2D eigenvalue weighted by Crippen LogP contribution is -2.26. The molecule has 0 unspecified atom stereocenters. The van der Waals surface area contributed by atoms with Crippen molar-refractivity contribution in [3.05, 3.63) is 59.1 Å². The minimum absolute atomic E-state index is 0.0178. The molecule has 0 radical (unpaired) electrons. The molecular formula is C14H12ClNO2. The molecule has 2 aromatic carbocycles. The zero-order valence-corrected chi connectivity index (χ0v) is 10.6. The first-order valence-electron chi connectivity index (χ1n) is 5.41. The zero-order valence-electron chi connectivity index (χ0n) is 9.80. The molecule has 0 bridgehead atoms. The molecular weight excluding hydrogens is 250 g/mol. The molecule has 0 aliphatic rings. The van der Waals surface area contributed by atoms with E-state index < -0.39 is 0 Å². The fraction of sp³-hybridized carbons (Fsp3) is 0.0714. The maximum atomic E-state index is 12.2. The second kappa shape index (κ2) is 5.10. The molecule has 0 fully saturated rings. The Balaban J connectivity index is 2.34. The van der Waals surface area contributed by atoms with Crippen molar-refractivity contribution in [2.75, 3.05) is 11.9 Å². The van der Waals surface area contributed by atoms with Crippen LogP contribution in [0.5, 0.6) is 5.75 Å². The smallest absolute Gasteiger partial charge is 0.259 e. The van der Waals surface area contributed by atoms with Crippen LogP contribution in [0.2, 0.25) is 5.02 Å². The second-order valence-electron chi connectivity index (χ2n) is 3.86. The first-order valence-corrected chi connectivity index (χ1v) is 5.79. The number of amides is 1. The van der Waals surface area contributed by atoms with E-state index in [4.69, 9.17) is 11.6 Å². The van der Waals surface area contributed by atoms with Gasteiger partial charge in [-0.2, -0.15) is 0 Å². The van der Waals surface area contributed by atoms with E-state index in [1.165, 1.54) is 23.1 Å². The SMILES string of the molecule is CN(C(=O)c1cc(O)ccc1Cl)c1ccccc1. The van der Waals surface area contributed by atoms with Gasteiger partial charge < -0.3 is 10.0 Å². The van der Waals surface area contributed by atoms with Gasteiger partial charge in [0, 0.05) is 12.7 Å². The number of carbonyl (C=O) groups excluding carboxylic acids is 1. The molecule has 0 spiro atoms. The summed E-state index contributed by atoms with van der Waals surface area (Å²) in [4.78, 5) is 13.7. The van der Waals surface area contributed by atoms with Gasteiger partial charge in [0.15, 0.2) is 0 Å². The summed E-state index contributed by atoms with van der Waals surface area (Å²) >= 11 is 5.96. The summed E-state index contributed by atoms with van der Waals surface area (Å²) in [5.74, 6) is -0.244. The van der Waals surface area contributed by atoms with E-state index in [9.17, 15) is 9.90 Å². The summed E-state index contributed by atoms with van der Waals surface area (Å²) < 4.78 is 0. The summed E-state index contributed by atoms with van der Waals surface area (Å²) in [6, 6.07) is 13.5. The van der Waals surface area contributed by atoms with E-state index in [1.54, 1.807) is 7.05 Å². The molecule has 1 N–H and O–H groups in total. The predicted octanol–water partition coefficient (Wildman–Crippen LogP) is 3.32. The van der Waals surface area contributed by atoms with Crippen LogP contribution in [-0.2, 0) is 0 Å². The number of halogens is 1. The van der Waals surface area contributed by atoms with Crippen molar-refractivity contribution in [2.45, 2.75) is 0 Å². The quantitative estimate of drug-likeness (QED) is 0.901. The van der Waals surface area contributed by atoms with E-state index in [1.807, 2.05) is 30.3 Å². The average Bonchev–Trinajstić information content (AvgIpc) is 2.41. The summed E-state index contributed by atoms with van der Waals surface area (Å²) in [5, 5.41) is 9.73. The number of benzene rings is 2. The number of phenolic OH excluding ortho intramolecular Hbond substituents is 1. The van der Waals surface area contributed by atoms with Gasteiger partial charge in [-0.3, -0.25) is 4.79 Å². The maximum Gasteiger partial charge on any atom is 0.259 e. The van der Waals surface area contributed by atoms with Crippen LogP contribution in [-0.4, -0.2) is 18.1 Å². The lowest BCUT2D eigenvalue weighted by molar-refractivity contribution is 0.0993. The van der Waals surface area contributed by atoms with E-state index in [-0.39, 0.29) is 17.2 Å². The number of para-hydroxylation sites is 1. The van der Waals surface area contributed by atoms with Gasteiger partial charge in [0.1, 0.15) is 5.75 Å². The van der Waals surface area contributed by atoms with Crippen LogP contribution in [0, 0.1) is 0 Å². The molecule has 4 heteroatoms. The van der Waals surface area contributed by atoms with Crippen molar-refractivity contribution in [1.29, 1.82) is 0 Å². The average molecular weight is 262 g/mol. The molecule has 0 aliphatic heterocycles. The van der Waals surface area contributed by atoms with Gasteiger partial charge in [0.25, 0.3) is 5.91 Å². The number of rotatable bonds is 2. The topological polar surface area (TPSA) is 40.5 Å². The second-order valence-corrected chi connectivity index (χ2v) is 4.27. The normalized spacial score (nSPS) is 10.1. The number of hydrogen-bond acceptors (Lipinski definition) is 2. The third kappa shape index (κ3) is 2.46. The molecule has 2 aromatic rings. The Kier molecular flexibility index (Phi) is 3.53. The van der Waals surface area contributed by atoms with Crippen LogP contribution in [0.1, 0.15) is 10.4 Å². The third-order valence-corrected chi connectivity index (χ3v) is 2.96. The number of anilines is 1. The Hall–Kier alpha value is -2.00. The molecule has 3 nitrogen and oxygen atoms in total. The molecule has 92 valence electrons. The van der Waals surface area contributed by atoms with Crippen LogP contribution in [0.15, 0.2) is 48.5 Å². The van der Waals surface area contributed by atoms with Gasteiger partial charge in [-0.1, -0.05) is 29.8 Å². The number of nitrogens with zero attached hydrogens (tertiary/aromatic N) is 1. The highest BCUT2D eigenvalue weighted by atomic mass is 35.5. The minimum Gasteiger partial charge on any atom is -0.508 e. The molecule has 0 aliphatic carbocycles. The van der Waals surface area contributed by atoms with Gasteiger partial charge in [-0.15, -0.1) is 0 Å². The molecule has 18 heavy (non-hydrogen) atoms. The monoisotopic (exact) mass is 261 g/mol. The van der Waals surface area contributed by atoms with Crippen LogP contribution in [0.3, 0.4) is 0 Å². The largest absolute Gasteiger partial charge is 0.508 e. The Morgan fingerprint density at radius 2 is 1.83 bits per heavy atom. The van der Waals surface area contributed by atoms with E-state index in [2.05, 4.69) is 0 Å². The van der Waals surface area contributed by atoms with Gasteiger partial charge in [-0.05, 0) is 30.3 Å². The Morgan fingerprint density at radius 3 is 2.50 bits per heavy atom. The Morgan fingerprint density at radius 1 is 1.17 bits per heavy atom. The third-order valence-electron chi connectivity index (χ3n) is 2.63. The van der Waals surface area contributed by atoms with Gasteiger partial charge >= 0.3 is 0 Å². The molecule has 0 saturated heterocycles. The lowest BCUT2D eigenvalue weighted by Gasteiger charge is -2.18. The molecule has 0 saturated carbocycles. The van der Waals surface area contributed by atoms with Crippen LogP contribution >= 0.6 is 11.6 Å². The van der Waals surface area contributed by atoms with Crippen LogP contribution in [0.25, 0.3) is 0 Å². The highest BCUT2D eigenvalue weighted by Crippen LogP contribution is 2.24. The first kappa shape index (κ1) is 12.5. The lowest BCUT2D eigenvalue weighted by atomic mass is 10.1. The molecule has 2 rings (SSSR count). The number of phenols is 1. The Bertz CT molecular complexity index is 569. The van der Waals surface area contributed by atoms with Crippen molar-refractivity contribution in [3.8, 4) is 5.75 Å². The van der Waals surface area contributed by atoms with Crippen LogP contribution in [0.4, 0.5) is 5.69 Å². The van der Waals surface area contributed by atoms with Crippen molar-refractivity contribution in [1.82, 2.24) is 0 Å². The first-order chi connectivity index (χ1) is 8.59. The number of hydrogen-bond donors (Lipinski definition) is 1. The summed E-state index contributed by atoms with van der Waals surface area (Å²) in [6.45, 7) is 0. The van der Waals surface area contributed by atoms with E-state index in [0.717, 1.165) is 5.69 Å². The van der Waals surface area contributed by atoms with E-state index >= 15 is 0 Å². The highest BCUT2D eigenvalue weighted by Gasteiger charge is 2.16.